The van der Waals surface area contributed by atoms with Crippen LogP contribution in [0.2, 0.25) is 0 Å². The molecule has 0 fully saturated rings. The number of nitrogens with zero attached hydrogens (tertiary/aromatic N) is 2. The van der Waals surface area contributed by atoms with Crippen LogP contribution >= 0.6 is 11.3 Å². The number of benzene rings is 1. The van der Waals surface area contributed by atoms with Gasteiger partial charge in [-0.2, -0.15) is 0 Å². The number of amides is 1. The molecule has 1 amide bonds. The predicted molar refractivity (Wildman–Crippen MR) is 86.8 cm³/mol. The Hall–Kier alpha value is -2.80. The predicted octanol–water partition coefficient (Wildman–Crippen LogP) is 2.75. The van der Waals surface area contributed by atoms with E-state index in [4.69, 9.17) is 0 Å². The van der Waals surface area contributed by atoms with Crippen LogP contribution in [0, 0.1) is 5.82 Å². The fourth-order valence-corrected chi connectivity index (χ4v) is 2.69. The molecule has 23 heavy (non-hydrogen) atoms. The molecule has 5 nitrogen and oxygen atoms in total. The molecule has 0 aliphatic heterocycles. The number of hydrogen-bond donors (Lipinski definition) is 1. The standard InChI is InChI=1S/C16H12FN3O2S/c17-11-3-5-12(6-4-11)19-15(21)9-20-10-18-13(8-16(20)22)14-2-1-7-23-14/h1-8,10H,9H2,(H,19,21). The maximum absolute atomic E-state index is 12.8. The zero-order valence-corrected chi connectivity index (χ0v) is 12.7. The lowest BCUT2D eigenvalue weighted by atomic mass is 10.3. The highest BCUT2D eigenvalue weighted by atomic mass is 32.1. The summed E-state index contributed by atoms with van der Waals surface area (Å²) in [4.78, 5) is 29.1. The van der Waals surface area contributed by atoms with Crippen LogP contribution in [0.3, 0.4) is 0 Å². The molecule has 3 rings (SSSR count). The number of rotatable bonds is 4. The number of halogens is 1. The summed E-state index contributed by atoms with van der Waals surface area (Å²) in [5.74, 6) is -0.767. The molecule has 7 heteroatoms. The Bertz CT molecular complexity index is 873. The number of aromatic nitrogens is 2. The zero-order chi connectivity index (χ0) is 16.2. The lowest BCUT2D eigenvalue weighted by molar-refractivity contribution is -0.116. The van der Waals surface area contributed by atoms with Gasteiger partial charge in [-0.15, -0.1) is 11.3 Å². The van der Waals surface area contributed by atoms with E-state index in [1.54, 1.807) is 0 Å². The second-order valence-electron chi connectivity index (χ2n) is 4.77. The maximum Gasteiger partial charge on any atom is 0.254 e. The molecule has 2 heterocycles. The summed E-state index contributed by atoms with van der Waals surface area (Å²) in [6.45, 7) is -0.159. The Labute approximate surface area is 135 Å². The third kappa shape index (κ3) is 3.70. The first-order valence-electron chi connectivity index (χ1n) is 6.77. The highest BCUT2D eigenvalue weighted by molar-refractivity contribution is 7.13. The molecule has 0 atom stereocenters. The van der Waals surface area contributed by atoms with E-state index in [1.165, 1.54) is 52.6 Å². The molecular formula is C16H12FN3O2S. The van der Waals surface area contributed by atoms with E-state index in [-0.39, 0.29) is 23.8 Å². The summed E-state index contributed by atoms with van der Waals surface area (Å²) in [7, 11) is 0. The molecule has 0 aliphatic rings. The molecule has 0 aliphatic carbocycles. The molecule has 0 bridgehead atoms. The SMILES string of the molecule is O=C(Cn1cnc(-c2cccs2)cc1=O)Nc1ccc(F)cc1. The van der Waals surface area contributed by atoms with Crippen LogP contribution < -0.4 is 10.9 Å². The van der Waals surface area contributed by atoms with Gasteiger partial charge in [0.25, 0.3) is 5.56 Å². The Morgan fingerprint density at radius 3 is 2.70 bits per heavy atom. The summed E-state index contributed by atoms with van der Waals surface area (Å²) in [6, 6.07) is 10.6. The van der Waals surface area contributed by atoms with E-state index < -0.39 is 0 Å². The highest BCUT2D eigenvalue weighted by Gasteiger charge is 2.08. The van der Waals surface area contributed by atoms with E-state index in [0.29, 0.717) is 11.4 Å². The maximum atomic E-state index is 12.8. The van der Waals surface area contributed by atoms with Gasteiger partial charge in [-0.05, 0) is 35.7 Å². The van der Waals surface area contributed by atoms with Crippen molar-refractivity contribution >= 4 is 22.9 Å². The Morgan fingerprint density at radius 1 is 1.26 bits per heavy atom. The molecule has 0 spiro atoms. The van der Waals surface area contributed by atoms with E-state index in [1.807, 2.05) is 17.5 Å². The normalized spacial score (nSPS) is 10.5. The molecular weight excluding hydrogens is 317 g/mol. The Kier molecular flexibility index (Phi) is 4.29. The van der Waals surface area contributed by atoms with Crippen LogP contribution in [0.15, 0.2) is 59.0 Å². The van der Waals surface area contributed by atoms with Crippen molar-refractivity contribution in [3.8, 4) is 10.6 Å². The van der Waals surface area contributed by atoms with E-state index in [2.05, 4.69) is 10.3 Å². The topological polar surface area (TPSA) is 64.0 Å². The molecule has 0 saturated carbocycles. The smallest absolute Gasteiger partial charge is 0.254 e. The van der Waals surface area contributed by atoms with Crippen LogP contribution in [0.1, 0.15) is 0 Å². The quantitative estimate of drug-likeness (QED) is 0.800. The van der Waals surface area contributed by atoms with Gasteiger partial charge >= 0.3 is 0 Å². The van der Waals surface area contributed by atoms with Gasteiger partial charge in [0.05, 0.1) is 16.9 Å². The van der Waals surface area contributed by atoms with Gasteiger partial charge < -0.3 is 5.32 Å². The number of carbonyl (C=O) groups excluding carboxylic acids is 1. The van der Waals surface area contributed by atoms with Gasteiger partial charge in [-0.3, -0.25) is 14.2 Å². The van der Waals surface area contributed by atoms with E-state index in [9.17, 15) is 14.0 Å². The van der Waals surface area contributed by atoms with Crippen molar-refractivity contribution in [2.24, 2.45) is 0 Å². The van der Waals surface area contributed by atoms with E-state index >= 15 is 0 Å². The average molecular weight is 329 g/mol. The molecule has 0 radical (unpaired) electrons. The fourth-order valence-electron chi connectivity index (χ4n) is 1.99. The Morgan fingerprint density at radius 2 is 2.04 bits per heavy atom. The first-order chi connectivity index (χ1) is 11.1. The third-order valence-electron chi connectivity index (χ3n) is 3.10. The van der Waals surface area contributed by atoms with Gasteiger partial charge in [0, 0.05) is 11.8 Å². The van der Waals surface area contributed by atoms with Crippen LogP contribution in [-0.4, -0.2) is 15.5 Å². The number of carbonyl (C=O) groups is 1. The first kappa shape index (κ1) is 15.1. The molecule has 3 aromatic rings. The lowest BCUT2D eigenvalue weighted by Gasteiger charge is -2.07. The van der Waals surface area contributed by atoms with Crippen molar-refractivity contribution < 1.29 is 9.18 Å². The molecule has 0 saturated heterocycles. The number of nitrogens with one attached hydrogen (secondary N) is 1. The number of thiophene rings is 1. The highest BCUT2D eigenvalue weighted by Crippen LogP contribution is 2.20. The van der Waals surface area contributed by atoms with Crippen molar-refractivity contribution in [1.29, 1.82) is 0 Å². The summed E-state index contributed by atoms with van der Waals surface area (Å²) < 4.78 is 14.0. The average Bonchev–Trinajstić information content (AvgIpc) is 3.06. The second kappa shape index (κ2) is 6.53. The van der Waals surface area contributed by atoms with Crippen molar-refractivity contribution in [2.75, 3.05) is 5.32 Å². The summed E-state index contributed by atoms with van der Waals surface area (Å²) in [5.41, 5.74) is 0.741. The van der Waals surface area contributed by atoms with E-state index in [0.717, 1.165) is 4.88 Å². The minimum atomic E-state index is -0.385. The number of anilines is 1. The summed E-state index contributed by atoms with van der Waals surface area (Å²) in [6.07, 6.45) is 1.35. The molecule has 0 unspecified atom stereocenters. The first-order valence-corrected chi connectivity index (χ1v) is 7.65. The van der Waals surface area contributed by atoms with Gasteiger partial charge in [0.1, 0.15) is 12.4 Å². The second-order valence-corrected chi connectivity index (χ2v) is 5.72. The fraction of sp³-hybridized carbons (Fsp3) is 0.0625. The lowest BCUT2D eigenvalue weighted by Crippen LogP contribution is -2.27. The monoisotopic (exact) mass is 329 g/mol. The zero-order valence-electron chi connectivity index (χ0n) is 11.9. The minimum Gasteiger partial charge on any atom is -0.325 e. The minimum absolute atomic E-state index is 0.159. The van der Waals surface area contributed by atoms with Gasteiger partial charge in [-0.1, -0.05) is 6.07 Å². The van der Waals surface area contributed by atoms with Crippen LogP contribution in [-0.2, 0) is 11.3 Å². The van der Waals surface area contributed by atoms with Crippen molar-refractivity contribution in [3.63, 3.8) is 0 Å². The summed E-state index contributed by atoms with van der Waals surface area (Å²) in [5, 5.41) is 4.50. The van der Waals surface area contributed by atoms with Crippen molar-refractivity contribution in [1.82, 2.24) is 9.55 Å². The molecule has 1 aromatic carbocycles. The van der Waals surface area contributed by atoms with Gasteiger partial charge in [0.2, 0.25) is 5.91 Å². The molecule has 116 valence electrons. The Balaban J connectivity index is 1.71. The van der Waals surface area contributed by atoms with Crippen molar-refractivity contribution in [3.05, 3.63) is 70.3 Å². The largest absolute Gasteiger partial charge is 0.325 e. The third-order valence-corrected chi connectivity index (χ3v) is 3.99. The van der Waals surface area contributed by atoms with Crippen LogP contribution in [0.4, 0.5) is 10.1 Å². The van der Waals surface area contributed by atoms with Gasteiger partial charge in [0.15, 0.2) is 0 Å². The van der Waals surface area contributed by atoms with Crippen molar-refractivity contribution in [2.45, 2.75) is 6.54 Å². The van der Waals surface area contributed by atoms with Crippen LogP contribution in [0.25, 0.3) is 10.6 Å². The molecule has 1 N–H and O–H groups in total. The van der Waals surface area contributed by atoms with Gasteiger partial charge in [-0.25, -0.2) is 9.37 Å². The summed E-state index contributed by atoms with van der Waals surface area (Å²) >= 11 is 1.49. The molecule has 2 aromatic heterocycles. The van der Waals surface area contributed by atoms with Crippen LogP contribution in [0.5, 0.6) is 0 Å². The number of hydrogen-bond acceptors (Lipinski definition) is 4.